The van der Waals surface area contributed by atoms with Crippen LogP contribution in [-0.2, 0) is 13.0 Å². The molecule has 0 radical (unpaired) electrons. The minimum absolute atomic E-state index is 0.698. The molecule has 148 valence electrons. The second-order valence-electron chi connectivity index (χ2n) is 7.59. The number of hydrogen-bond donors (Lipinski definition) is 0. The first-order valence-corrected chi connectivity index (χ1v) is 10.5. The number of hydrogen-bond acceptors (Lipinski definition) is 5. The lowest BCUT2D eigenvalue weighted by Crippen LogP contribution is -2.25. The molecule has 28 heavy (non-hydrogen) atoms. The third kappa shape index (κ3) is 3.55. The fraction of sp³-hybridized carbons (Fsp3) is 0.500. The number of anilines is 2. The van der Waals surface area contributed by atoms with Gasteiger partial charge in [-0.25, -0.2) is 4.98 Å². The summed E-state index contributed by atoms with van der Waals surface area (Å²) in [7, 11) is 0. The van der Waals surface area contributed by atoms with E-state index in [1.165, 1.54) is 29.9 Å². The van der Waals surface area contributed by atoms with Crippen molar-refractivity contribution in [3.05, 3.63) is 47.4 Å². The summed E-state index contributed by atoms with van der Waals surface area (Å²) in [6, 6.07) is 10.5. The fourth-order valence-electron chi connectivity index (χ4n) is 4.05. The fourth-order valence-corrected chi connectivity index (χ4v) is 4.05. The Labute approximate surface area is 167 Å². The van der Waals surface area contributed by atoms with Gasteiger partial charge in [-0.2, -0.15) is 9.50 Å². The van der Waals surface area contributed by atoms with Gasteiger partial charge in [-0.3, -0.25) is 0 Å². The van der Waals surface area contributed by atoms with E-state index < -0.39 is 0 Å². The van der Waals surface area contributed by atoms with Crippen LogP contribution in [0.25, 0.3) is 5.78 Å². The van der Waals surface area contributed by atoms with Crippen molar-refractivity contribution in [3.63, 3.8) is 0 Å². The molecule has 1 aromatic carbocycles. The van der Waals surface area contributed by atoms with Gasteiger partial charge in [-0.15, -0.1) is 5.10 Å². The van der Waals surface area contributed by atoms with Crippen LogP contribution >= 0.6 is 0 Å². The van der Waals surface area contributed by atoms with Crippen molar-refractivity contribution in [2.75, 3.05) is 29.4 Å². The molecule has 3 heterocycles. The van der Waals surface area contributed by atoms with E-state index in [4.69, 9.17) is 15.1 Å². The van der Waals surface area contributed by atoms with Gasteiger partial charge < -0.3 is 9.80 Å². The van der Waals surface area contributed by atoms with Gasteiger partial charge in [0.05, 0.1) is 6.54 Å². The average Bonchev–Trinajstić information content (AvgIpc) is 3.30. The second-order valence-corrected chi connectivity index (χ2v) is 7.59. The molecule has 1 aliphatic heterocycles. The van der Waals surface area contributed by atoms with Crippen LogP contribution in [0.2, 0.25) is 0 Å². The average molecular weight is 379 g/mol. The molecule has 4 rings (SSSR count). The van der Waals surface area contributed by atoms with Crippen molar-refractivity contribution in [3.8, 4) is 0 Å². The van der Waals surface area contributed by atoms with Gasteiger partial charge in [0.1, 0.15) is 5.82 Å². The number of para-hydroxylation sites is 1. The Morgan fingerprint density at radius 2 is 1.89 bits per heavy atom. The molecule has 0 unspecified atom stereocenters. The summed E-state index contributed by atoms with van der Waals surface area (Å²) in [6.07, 6.45) is 4.53. The summed E-state index contributed by atoms with van der Waals surface area (Å²) >= 11 is 0. The molecule has 6 heteroatoms. The lowest BCUT2D eigenvalue weighted by Gasteiger charge is -2.22. The first-order chi connectivity index (χ1) is 13.7. The summed E-state index contributed by atoms with van der Waals surface area (Å²) in [5.41, 5.74) is 3.63. The topological polar surface area (TPSA) is 49.6 Å². The number of rotatable bonds is 8. The van der Waals surface area contributed by atoms with E-state index >= 15 is 0 Å². The van der Waals surface area contributed by atoms with Crippen molar-refractivity contribution < 1.29 is 0 Å². The Hall–Kier alpha value is -2.63. The lowest BCUT2D eigenvalue weighted by molar-refractivity contribution is 0.711. The third-order valence-electron chi connectivity index (χ3n) is 5.47. The Kier molecular flexibility index (Phi) is 5.46. The molecule has 0 saturated heterocycles. The molecule has 0 bridgehead atoms. The van der Waals surface area contributed by atoms with Crippen LogP contribution < -0.4 is 9.80 Å². The standard InChI is InChI=1S/C22H30N6/c1-4-6-14-26-15-12-19-17(3)23-22-24-20(25-28(22)21(19)26)16-27(13-5-2)18-10-8-7-9-11-18/h7-11H,4-6,12-16H2,1-3H3. The largest absolute Gasteiger partial charge is 0.364 e. The van der Waals surface area contributed by atoms with E-state index in [9.17, 15) is 0 Å². The molecule has 0 saturated carbocycles. The Morgan fingerprint density at radius 3 is 2.64 bits per heavy atom. The number of fused-ring (bicyclic) bond motifs is 3. The summed E-state index contributed by atoms with van der Waals surface area (Å²) in [4.78, 5) is 14.3. The van der Waals surface area contributed by atoms with E-state index in [-0.39, 0.29) is 0 Å². The SMILES string of the molecule is CCCCN1CCc2c(C)nc3nc(CN(CCC)c4ccccc4)nn3c21. The molecular weight excluding hydrogens is 348 g/mol. The number of unbranched alkanes of at least 4 members (excludes halogenated alkanes) is 1. The normalized spacial score (nSPS) is 13.3. The summed E-state index contributed by atoms with van der Waals surface area (Å²) in [5.74, 6) is 2.76. The van der Waals surface area contributed by atoms with Crippen LogP contribution in [0.5, 0.6) is 0 Å². The Bertz CT molecular complexity index is 933. The third-order valence-corrected chi connectivity index (χ3v) is 5.47. The van der Waals surface area contributed by atoms with Gasteiger partial charge in [0.15, 0.2) is 5.82 Å². The predicted molar refractivity (Wildman–Crippen MR) is 114 cm³/mol. The number of nitrogens with zero attached hydrogens (tertiary/aromatic N) is 6. The van der Waals surface area contributed by atoms with Crippen molar-refractivity contribution in [2.24, 2.45) is 0 Å². The molecule has 0 N–H and O–H groups in total. The molecule has 1 aliphatic rings. The van der Waals surface area contributed by atoms with Crippen LogP contribution in [0.4, 0.5) is 11.5 Å². The van der Waals surface area contributed by atoms with Crippen molar-refractivity contribution in [1.82, 2.24) is 19.6 Å². The van der Waals surface area contributed by atoms with Crippen LogP contribution in [0, 0.1) is 6.92 Å². The predicted octanol–water partition coefficient (Wildman–Crippen LogP) is 4.01. The Balaban J connectivity index is 1.68. The van der Waals surface area contributed by atoms with Gasteiger partial charge in [-0.05, 0) is 38.3 Å². The van der Waals surface area contributed by atoms with Crippen LogP contribution in [0.1, 0.15) is 50.2 Å². The Morgan fingerprint density at radius 1 is 1.07 bits per heavy atom. The maximum absolute atomic E-state index is 4.89. The van der Waals surface area contributed by atoms with E-state index in [0.717, 1.165) is 49.8 Å². The molecule has 0 fully saturated rings. The van der Waals surface area contributed by atoms with E-state index in [2.05, 4.69) is 60.9 Å². The van der Waals surface area contributed by atoms with Gasteiger partial charge in [-0.1, -0.05) is 38.5 Å². The molecule has 0 atom stereocenters. The first-order valence-electron chi connectivity index (χ1n) is 10.5. The molecule has 6 nitrogen and oxygen atoms in total. The summed E-state index contributed by atoms with van der Waals surface area (Å²) in [6.45, 7) is 10.3. The quantitative estimate of drug-likeness (QED) is 0.593. The maximum Gasteiger partial charge on any atom is 0.254 e. The second kappa shape index (κ2) is 8.17. The van der Waals surface area contributed by atoms with Crippen molar-refractivity contribution in [1.29, 1.82) is 0 Å². The molecule has 2 aromatic heterocycles. The molecule has 0 amide bonds. The number of aromatic nitrogens is 4. The molecular formula is C22H30N6. The first kappa shape index (κ1) is 18.7. The molecule has 0 aliphatic carbocycles. The van der Waals surface area contributed by atoms with Crippen LogP contribution in [0.15, 0.2) is 30.3 Å². The highest BCUT2D eigenvalue weighted by molar-refractivity contribution is 5.58. The van der Waals surface area contributed by atoms with Crippen molar-refractivity contribution in [2.45, 2.75) is 53.0 Å². The smallest absolute Gasteiger partial charge is 0.254 e. The van der Waals surface area contributed by atoms with E-state index in [1.54, 1.807) is 0 Å². The molecule has 0 spiro atoms. The highest BCUT2D eigenvalue weighted by atomic mass is 15.4. The number of aryl methyl sites for hydroxylation is 1. The maximum atomic E-state index is 4.89. The minimum Gasteiger partial charge on any atom is -0.364 e. The van der Waals surface area contributed by atoms with Crippen LogP contribution in [-0.4, -0.2) is 39.2 Å². The number of benzene rings is 1. The molecule has 3 aromatic rings. The van der Waals surface area contributed by atoms with E-state index in [0.29, 0.717) is 6.54 Å². The summed E-state index contributed by atoms with van der Waals surface area (Å²) < 4.78 is 1.98. The monoisotopic (exact) mass is 378 g/mol. The van der Waals surface area contributed by atoms with Gasteiger partial charge in [0.2, 0.25) is 0 Å². The summed E-state index contributed by atoms with van der Waals surface area (Å²) in [5, 5.41) is 4.89. The zero-order valence-corrected chi connectivity index (χ0v) is 17.2. The van der Waals surface area contributed by atoms with Gasteiger partial charge in [0.25, 0.3) is 5.78 Å². The van der Waals surface area contributed by atoms with E-state index in [1.807, 2.05) is 4.52 Å². The zero-order chi connectivity index (χ0) is 19.5. The highest BCUT2D eigenvalue weighted by Gasteiger charge is 2.26. The lowest BCUT2D eigenvalue weighted by atomic mass is 10.2. The van der Waals surface area contributed by atoms with Crippen molar-refractivity contribution >= 4 is 17.3 Å². The van der Waals surface area contributed by atoms with Crippen LogP contribution in [0.3, 0.4) is 0 Å². The van der Waals surface area contributed by atoms with Gasteiger partial charge >= 0.3 is 0 Å². The highest BCUT2D eigenvalue weighted by Crippen LogP contribution is 2.30. The zero-order valence-electron chi connectivity index (χ0n) is 17.2. The van der Waals surface area contributed by atoms with Gasteiger partial charge in [0, 0.05) is 36.6 Å². The minimum atomic E-state index is 0.698.